The topological polar surface area (TPSA) is 40.5 Å². The van der Waals surface area contributed by atoms with Crippen molar-refractivity contribution in [1.82, 2.24) is 4.90 Å². The minimum atomic E-state index is -0.659. The van der Waals surface area contributed by atoms with Crippen LogP contribution in [-0.2, 0) is 4.79 Å². The Labute approximate surface area is 86.1 Å². The molecule has 82 valence electrons. The summed E-state index contributed by atoms with van der Waals surface area (Å²) < 4.78 is 0. The molecule has 0 spiro atoms. The van der Waals surface area contributed by atoms with Crippen LogP contribution in [0.25, 0.3) is 0 Å². The number of carboxylic acid groups (broad SMARTS) is 1. The summed E-state index contributed by atoms with van der Waals surface area (Å²) >= 11 is 0. The normalized spacial score (nSPS) is 27.5. The maximum Gasteiger partial charge on any atom is 0.321 e. The van der Waals surface area contributed by atoms with Crippen LogP contribution in [0, 0.1) is 5.92 Å². The molecule has 3 unspecified atom stereocenters. The lowest BCUT2D eigenvalue weighted by molar-refractivity contribution is -0.145. The Morgan fingerprint density at radius 3 is 2.64 bits per heavy atom. The quantitative estimate of drug-likeness (QED) is 0.752. The zero-order valence-electron chi connectivity index (χ0n) is 9.36. The first-order valence-corrected chi connectivity index (χ1v) is 5.56. The van der Waals surface area contributed by atoms with Crippen LogP contribution in [0.2, 0.25) is 0 Å². The van der Waals surface area contributed by atoms with E-state index in [1.165, 1.54) is 0 Å². The average Bonchev–Trinajstić information content (AvgIpc) is 2.52. The van der Waals surface area contributed by atoms with Gasteiger partial charge < -0.3 is 5.11 Å². The standard InChI is InChI=1S/C11H21NO2/c1-4-8(2)10(11(13)14)12-7-5-6-9(12)3/h8-10H,4-7H2,1-3H3,(H,13,14). The van der Waals surface area contributed by atoms with E-state index in [0.29, 0.717) is 6.04 Å². The number of carboxylic acids is 1. The Morgan fingerprint density at radius 1 is 1.64 bits per heavy atom. The van der Waals surface area contributed by atoms with Crippen LogP contribution >= 0.6 is 0 Å². The van der Waals surface area contributed by atoms with Crippen LogP contribution in [0.4, 0.5) is 0 Å². The molecule has 1 heterocycles. The molecule has 0 aromatic heterocycles. The first-order chi connectivity index (χ1) is 6.57. The van der Waals surface area contributed by atoms with Gasteiger partial charge in [0.15, 0.2) is 0 Å². The Hall–Kier alpha value is -0.570. The maximum absolute atomic E-state index is 11.2. The van der Waals surface area contributed by atoms with E-state index in [-0.39, 0.29) is 12.0 Å². The minimum absolute atomic E-state index is 0.244. The molecular formula is C11H21NO2. The molecule has 0 aliphatic carbocycles. The van der Waals surface area contributed by atoms with Gasteiger partial charge >= 0.3 is 5.97 Å². The largest absolute Gasteiger partial charge is 0.480 e. The second-order valence-electron chi connectivity index (χ2n) is 4.40. The van der Waals surface area contributed by atoms with Gasteiger partial charge in [0.25, 0.3) is 0 Å². The van der Waals surface area contributed by atoms with Gasteiger partial charge in [0.1, 0.15) is 6.04 Å². The number of aliphatic carboxylic acids is 1. The highest BCUT2D eigenvalue weighted by molar-refractivity contribution is 5.74. The number of carbonyl (C=O) groups is 1. The summed E-state index contributed by atoms with van der Waals surface area (Å²) in [6.45, 7) is 7.17. The van der Waals surface area contributed by atoms with Crippen molar-refractivity contribution in [3.8, 4) is 0 Å². The molecule has 0 bridgehead atoms. The van der Waals surface area contributed by atoms with E-state index in [0.717, 1.165) is 25.8 Å². The molecule has 1 aliphatic heterocycles. The van der Waals surface area contributed by atoms with Crippen LogP contribution < -0.4 is 0 Å². The Morgan fingerprint density at radius 2 is 2.29 bits per heavy atom. The number of hydrogen-bond acceptors (Lipinski definition) is 2. The minimum Gasteiger partial charge on any atom is -0.480 e. The molecule has 3 heteroatoms. The number of hydrogen-bond donors (Lipinski definition) is 1. The van der Waals surface area contributed by atoms with E-state index >= 15 is 0 Å². The van der Waals surface area contributed by atoms with Gasteiger partial charge in [-0.2, -0.15) is 0 Å². The predicted molar refractivity (Wildman–Crippen MR) is 56.3 cm³/mol. The van der Waals surface area contributed by atoms with Crippen molar-refractivity contribution in [3.63, 3.8) is 0 Å². The van der Waals surface area contributed by atoms with Crippen LogP contribution in [-0.4, -0.2) is 34.6 Å². The van der Waals surface area contributed by atoms with Gasteiger partial charge in [-0.1, -0.05) is 20.3 Å². The van der Waals surface area contributed by atoms with Crippen LogP contribution in [0.15, 0.2) is 0 Å². The van der Waals surface area contributed by atoms with Gasteiger partial charge in [-0.15, -0.1) is 0 Å². The lowest BCUT2D eigenvalue weighted by Gasteiger charge is -2.32. The molecule has 0 saturated carbocycles. The summed E-state index contributed by atoms with van der Waals surface area (Å²) in [5.41, 5.74) is 0. The zero-order chi connectivity index (χ0) is 10.7. The van der Waals surface area contributed by atoms with Gasteiger partial charge in [-0.25, -0.2) is 0 Å². The highest BCUT2D eigenvalue weighted by Gasteiger charge is 2.35. The highest BCUT2D eigenvalue weighted by Crippen LogP contribution is 2.24. The van der Waals surface area contributed by atoms with Crippen molar-refractivity contribution in [2.24, 2.45) is 5.92 Å². The van der Waals surface area contributed by atoms with E-state index in [2.05, 4.69) is 18.7 Å². The zero-order valence-corrected chi connectivity index (χ0v) is 9.36. The van der Waals surface area contributed by atoms with E-state index in [4.69, 9.17) is 0 Å². The molecule has 3 nitrogen and oxygen atoms in total. The molecule has 0 amide bonds. The SMILES string of the molecule is CCC(C)C(C(=O)O)N1CCCC1C. The van der Waals surface area contributed by atoms with Crippen molar-refractivity contribution in [3.05, 3.63) is 0 Å². The molecule has 14 heavy (non-hydrogen) atoms. The van der Waals surface area contributed by atoms with Gasteiger partial charge in [-0.3, -0.25) is 9.69 Å². The number of nitrogens with zero attached hydrogens (tertiary/aromatic N) is 1. The summed E-state index contributed by atoms with van der Waals surface area (Å²) in [6, 6.07) is 0.155. The van der Waals surface area contributed by atoms with Crippen molar-refractivity contribution >= 4 is 5.97 Å². The fourth-order valence-electron chi connectivity index (χ4n) is 2.30. The van der Waals surface area contributed by atoms with Crippen molar-refractivity contribution in [2.45, 2.75) is 52.1 Å². The summed E-state index contributed by atoms with van der Waals surface area (Å²) in [6.07, 6.45) is 3.21. The predicted octanol–water partition coefficient (Wildman–Crippen LogP) is 1.97. The second-order valence-corrected chi connectivity index (χ2v) is 4.40. The third-order valence-corrected chi connectivity index (χ3v) is 3.40. The summed E-state index contributed by atoms with van der Waals surface area (Å²) in [7, 11) is 0. The van der Waals surface area contributed by atoms with Gasteiger partial charge in [0, 0.05) is 6.04 Å². The van der Waals surface area contributed by atoms with E-state index < -0.39 is 5.97 Å². The van der Waals surface area contributed by atoms with Crippen molar-refractivity contribution < 1.29 is 9.90 Å². The molecule has 0 aromatic carbocycles. The van der Waals surface area contributed by atoms with Gasteiger partial charge in [0.2, 0.25) is 0 Å². The Kier molecular flexibility index (Phi) is 3.93. The first kappa shape index (κ1) is 11.5. The lowest BCUT2D eigenvalue weighted by Crippen LogP contribution is -2.46. The monoisotopic (exact) mass is 199 g/mol. The molecule has 1 N–H and O–H groups in total. The van der Waals surface area contributed by atoms with Crippen LogP contribution in [0.1, 0.15) is 40.0 Å². The van der Waals surface area contributed by atoms with Crippen LogP contribution in [0.5, 0.6) is 0 Å². The summed E-state index contributed by atoms with van der Waals surface area (Å²) in [5, 5.41) is 9.21. The third kappa shape index (κ3) is 2.27. The Balaban J connectivity index is 2.71. The van der Waals surface area contributed by atoms with Crippen LogP contribution in [0.3, 0.4) is 0 Å². The fraction of sp³-hybridized carbons (Fsp3) is 0.909. The number of likely N-dealkylation sites (tertiary alicyclic amines) is 1. The Bertz CT molecular complexity index is 205. The summed E-state index contributed by atoms with van der Waals surface area (Å²) in [5.74, 6) is -0.416. The molecule has 1 saturated heterocycles. The van der Waals surface area contributed by atoms with Crippen molar-refractivity contribution in [2.75, 3.05) is 6.54 Å². The first-order valence-electron chi connectivity index (χ1n) is 5.56. The molecule has 1 rings (SSSR count). The summed E-state index contributed by atoms with van der Waals surface area (Å²) in [4.78, 5) is 13.3. The molecule has 0 radical (unpaired) electrons. The molecule has 1 aliphatic rings. The second kappa shape index (κ2) is 4.78. The molecule has 1 fully saturated rings. The lowest BCUT2D eigenvalue weighted by atomic mass is 9.97. The molecular weight excluding hydrogens is 178 g/mol. The molecule has 0 aromatic rings. The molecule has 3 atom stereocenters. The maximum atomic E-state index is 11.2. The average molecular weight is 199 g/mol. The van der Waals surface area contributed by atoms with Gasteiger partial charge in [-0.05, 0) is 32.2 Å². The van der Waals surface area contributed by atoms with E-state index in [1.807, 2.05) is 6.92 Å². The van der Waals surface area contributed by atoms with E-state index in [1.54, 1.807) is 0 Å². The third-order valence-electron chi connectivity index (χ3n) is 3.40. The van der Waals surface area contributed by atoms with Gasteiger partial charge in [0.05, 0.1) is 0 Å². The highest BCUT2D eigenvalue weighted by atomic mass is 16.4. The smallest absolute Gasteiger partial charge is 0.321 e. The van der Waals surface area contributed by atoms with E-state index in [9.17, 15) is 9.90 Å². The van der Waals surface area contributed by atoms with Crippen molar-refractivity contribution in [1.29, 1.82) is 0 Å². The number of rotatable bonds is 4. The fourth-order valence-corrected chi connectivity index (χ4v) is 2.30.